The molecular weight excluding hydrogens is 238 g/mol. The summed E-state index contributed by atoms with van der Waals surface area (Å²) in [5.41, 5.74) is 0. The fourth-order valence-corrected chi connectivity index (χ4v) is 1.91. The summed E-state index contributed by atoms with van der Waals surface area (Å²) in [6.45, 7) is 6.13. The molecule has 0 radical (unpaired) electrons. The summed E-state index contributed by atoms with van der Waals surface area (Å²) in [6.07, 6.45) is 1.79. The number of hydrogen-bond acceptors (Lipinski definition) is 4. The highest BCUT2D eigenvalue weighted by molar-refractivity contribution is 5.92. The first kappa shape index (κ1) is 13.6. The van der Waals surface area contributed by atoms with Crippen LogP contribution in [0.25, 0.3) is 10.8 Å². The largest absolute Gasteiger partial charge is 0.508 e. The average Bonchev–Trinajstić information content (AvgIpc) is 2.39. The van der Waals surface area contributed by atoms with E-state index >= 15 is 0 Å². The van der Waals surface area contributed by atoms with E-state index in [9.17, 15) is 5.11 Å². The van der Waals surface area contributed by atoms with Crippen molar-refractivity contribution in [2.75, 3.05) is 25.5 Å². The second-order valence-corrected chi connectivity index (χ2v) is 5.07. The molecule has 0 aliphatic carbocycles. The Hall–Kier alpha value is -1.81. The molecule has 2 aromatic rings. The van der Waals surface area contributed by atoms with Gasteiger partial charge in [-0.2, -0.15) is 0 Å². The molecule has 0 amide bonds. The Labute approximate surface area is 114 Å². The zero-order valence-corrected chi connectivity index (χ0v) is 11.7. The van der Waals surface area contributed by atoms with E-state index < -0.39 is 0 Å². The number of nitrogens with zero attached hydrogens (tertiary/aromatic N) is 2. The highest BCUT2D eigenvalue weighted by atomic mass is 16.3. The van der Waals surface area contributed by atoms with E-state index in [1.807, 2.05) is 12.1 Å². The van der Waals surface area contributed by atoms with Crippen LogP contribution in [0, 0.1) is 0 Å². The number of phenolic OH excluding ortho intramolecular Hbond substituents is 1. The first-order valence-corrected chi connectivity index (χ1v) is 6.60. The van der Waals surface area contributed by atoms with Gasteiger partial charge in [-0.15, -0.1) is 0 Å². The van der Waals surface area contributed by atoms with Gasteiger partial charge in [0, 0.05) is 30.7 Å². The lowest BCUT2D eigenvalue weighted by Gasteiger charge is -2.21. The topological polar surface area (TPSA) is 48.4 Å². The lowest BCUT2D eigenvalue weighted by atomic mass is 10.1. The number of nitrogens with one attached hydrogen (secondary N) is 1. The van der Waals surface area contributed by atoms with E-state index in [1.165, 1.54) is 0 Å². The minimum absolute atomic E-state index is 0.267. The molecule has 0 saturated carbocycles. The third-order valence-corrected chi connectivity index (χ3v) is 3.39. The van der Waals surface area contributed by atoms with Crippen LogP contribution in [0.3, 0.4) is 0 Å². The van der Waals surface area contributed by atoms with E-state index in [4.69, 9.17) is 0 Å². The Morgan fingerprint density at radius 3 is 2.84 bits per heavy atom. The van der Waals surface area contributed by atoms with Gasteiger partial charge in [-0.25, -0.2) is 4.98 Å². The Morgan fingerprint density at radius 2 is 2.11 bits per heavy atom. The molecule has 1 aromatic carbocycles. The summed E-state index contributed by atoms with van der Waals surface area (Å²) in [6, 6.07) is 7.82. The maximum atomic E-state index is 9.58. The second kappa shape index (κ2) is 5.89. The van der Waals surface area contributed by atoms with E-state index in [1.54, 1.807) is 18.3 Å². The van der Waals surface area contributed by atoms with Gasteiger partial charge >= 0.3 is 0 Å². The maximum Gasteiger partial charge on any atom is 0.133 e. The predicted octanol–water partition coefficient (Wildman–Crippen LogP) is 2.69. The standard InChI is InChI=1S/C15H21N3O/c1-11(2)18(3)9-8-17-15-14-10-13(19)5-4-12(14)6-7-16-15/h4-7,10-11,19H,8-9H2,1-3H3,(H,16,17). The Morgan fingerprint density at radius 1 is 1.32 bits per heavy atom. The predicted molar refractivity (Wildman–Crippen MR) is 79.7 cm³/mol. The lowest BCUT2D eigenvalue weighted by Crippen LogP contribution is -2.31. The zero-order valence-electron chi connectivity index (χ0n) is 11.7. The molecule has 0 spiro atoms. The molecule has 19 heavy (non-hydrogen) atoms. The molecule has 102 valence electrons. The van der Waals surface area contributed by atoms with Crippen molar-refractivity contribution in [3.05, 3.63) is 30.5 Å². The maximum absolute atomic E-state index is 9.58. The molecule has 1 aromatic heterocycles. The lowest BCUT2D eigenvalue weighted by molar-refractivity contribution is 0.284. The van der Waals surface area contributed by atoms with Crippen LogP contribution in [-0.4, -0.2) is 41.2 Å². The van der Waals surface area contributed by atoms with Gasteiger partial charge in [0.05, 0.1) is 0 Å². The molecule has 1 heterocycles. The zero-order chi connectivity index (χ0) is 13.8. The monoisotopic (exact) mass is 259 g/mol. The molecule has 4 heteroatoms. The number of aromatic nitrogens is 1. The third-order valence-electron chi connectivity index (χ3n) is 3.39. The molecule has 0 aliphatic rings. The van der Waals surface area contributed by atoms with Gasteiger partial charge < -0.3 is 15.3 Å². The summed E-state index contributed by atoms with van der Waals surface area (Å²) in [5.74, 6) is 1.09. The van der Waals surface area contributed by atoms with Gasteiger partial charge in [-0.05, 0) is 44.5 Å². The fraction of sp³-hybridized carbons (Fsp3) is 0.400. The van der Waals surface area contributed by atoms with E-state index in [-0.39, 0.29) is 5.75 Å². The van der Waals surface area contributed by atoms with Crippen molar-refractivity contribution in [2.45, 2.75) is 19.9 Å². The normalized spacial score (nSPS) is 11.4. The average molecular weight is 259 g/mol. The highest BCUT2D eigenvalue weighted by Gasteiger charge is 2.05. The number of fused-ring (bicyclic) bond motifs is 1. The van der Waals surface area contributed by atoms with Gasteiger partial charge in [0.2, 0.25) is 0 Å². The van der Waals surface area contributed by atoms with Gasteiger partial charge in [0.15, 0.2) is 0 Å². The Kier molecular flexibility index (Phi) is 4.22. The molecule has 4 nitrogen and oxygen atoms in total. The summed E-state index contributed by atoms with van der Waals surface area (Å²) in [5, 5.41) is 14.9. The number of phenols is 1. The molecule has 2 rings (SSSR count). The fourth-order valence-electron chi connectivity index (χ4n) is 1.91. The van der Waals surface area contributed by atoms with Crippen LogP contribution in [0.2, 0.25) is 0 Å². The summed E-state index contributed by atoms with van der Waals surface area (Å²) in [7, 11) is 2.11. The van der Waals surface area contributed by atoms with E-state index in [0.29, 0.717) is 6.04 Å². The van der Waals surface area contributed by atoms with Crippen LogP contribution in [0.15, 0.2) is 30.5 Å². The Bertz CT molecular complexity index is 554. The molecular formula is C15H21N3O. The molecule has 0 fully saturated rings. The van der Waals surface area contributed by atoms with Crippen LogP contribution in [0.4, 0.5) is 5.82 Å². The number of rotatable bonds is 5. The highest BCUT2D eigenvalue weighted by Crippen LogP contribution is 2.24. The molecule has 0 unspecified atom stereocenters. The van der Waals surface area contributed by atoms with Crippen molar-refractivity contribution in [3.63, 3.8) is 0 Å². The smallest absolute Gasteiger partial charge is 0.133 e. The van der Waals surface area contributed by atoms with Crippen LogP contribution in [-0.2, 0) is 0 Å². The van der Waals surface area contributed by atoms with Gasteiger partial charge in [-0.3, -0.25) is 0 Å². The molecule has 0 atom stereocenters. The summed E-state index contributed by atoms with van der Waals surface area (Å²) >= 11 is 0. The minimum Gasteiger partial charge on any atom is -0.508 e. The SMILES string of the molecule is CC(C)N(C)CCNc1nccc2ccc(O)cc12. The number of benzene rings is 1. The van der Waals surface area contributed by atoms with Crippen molar-refractivity contribution < 1.29 is 5.11 Å². The molecule has 0 bridgehead atoms. The van der Waals surface area contributed by atoms with Crippen molar-refractivity contribution in [2.24, 2.45) is 0 Å². The quantitative estimate of drug-likeness (QED) is 0.866. The second-order valence-electron chi connectivity index (χ2n) is 5.07. The summed E-state index contributed by atoms with van der Waals surface area (Å²) < 4.78 is 0. The van der Waals surface area contributed by atoms with E-state index in [2.05, 4.69) is 36.1 Å². The van der Waals surface area contributed by atoms with Gasteiger partial charge in [0.1, 0.15) is 11.6 Å². The van der Waals surface area contributed by atoms with E-state index in [0.717, 1.165) is 29.7 Å². The molecule has 0 saturated heterocycles. The number of anilines is 1. The van der Waals surface area contributed by atoms with Crippen molar-refractivity contribution >= 4 is 16.6 Å². The number of likely N-dealkylation sites (N-methyl/N-ethyl adjacent to an activating group) is 1. The number of pyridine rings is 1. The van der Waals surface area contributed by atoms with Crippen molar-refractivity contribution in [1.82, 2.24) is 9.88 Å². The molecule has 2 N–H and O–H groups in total. The van der Waals surface area contributed by atoms with Crippen LogP contribution >= 0.6 is 0 Å². The molecule has 0 aliphatic heterocycles. The number of hydrogen-bond donors (Lipinski definition) is 2. The first-order valence-electron chi connectivity index (χ1n) is 6.60. The van der Waals surface area contributed by atoms with Crippen molar-refractivity contribution in [1.29, 1.82) is 0 Å². The summed E-state index contributed by atoms with van der Waals surface area (Å²) in [4.78, 5) is 6.62. The van der Waals surface area contributed by atoms with Gasteiger partial charge in [-0.1, -0.05) is 6.07 Å². The number of aromatic hydroxyl groups is 1. The minimum atomic E-state index is 0.267. The van der Waals surface area contributed by atoms with Crippen LogP contribution < -0.4 is 5.32 Å². The van der Waals surface area contributed by atoms with Crippen LogP contribution in [0.1, 0.15) is 13.8 Å². The third kappa shape index (κ3) is 3.35. The van der Waals surface area contributed by atoms with Crippen LogP contribution in [0.5, 0.6) is 5.75 Å². The Balaban J connectivity index is 2.10. The first-order chi connectivity index (χ1) is 9.08. The van der Waals surface area contributed by atoms with Crippen molar-refractivity contribution in [3.8, 4) is 5.75 Å². The van der Waals surface area contributed by atoms with Gasteiger partial charge in [0.25, 0.3) is 0 Å².